The molecule has 1 rings (SSSR count). The van der Waals surface area contributed by atoms with Crippen LogP contribution in [0.5, 0.6) is 5.75 Å². The summed E-state index contributed by atoms with van der Waals surface area (Å²) in [6, 6.07) is 0.763. The van der Waals surface area contributed by atoms with Gasteiger partial charge in [0.2, 0.25) is 0 Å². The number of hydrogen-bond donors (Lipinski definition) is 2. The molecule has 3 N–H and O–H groups in total. The number of aromatic hydroxyl groups is 1. The highest BCUT2D eigenvalue weighted by atomic mass is 35.5. The highest BCUT2D eigenvalue weighted by Crippen LogP contribution is 2.28. The smallest absolute Gasteiger partial charge is 0.281 e. The van der Waals surface area contributed by atoms with Crippen molar-refractivity contribution in [2.75, 3.05) is 0 Å². The van der Waals surface area contributed by atoms with Crippen molar-refractivity contribution in [1.82, 2.24) is 4.98 Å². The third-order valence-electron chi connectivity index (χ3n) is 1.46. The van der Waals surface area contributed by atoms with Crippen LogP contribution in [0.25, 0.3) is 0 Å². The molecule has 0 bridgehead atoms. The lowest BCUT2D eigenvalue weighted by molar-refractivity contribution is 0.0982. The summed E-state index contributed by atoms with van der Waals surface area (Å²) in [6.07, 6.45) is -2.98. The summed E-state index contributed by atoms with van der Waals surface area (Å²) in [5.41, 5.74) is 3.43. The van der Waals surface area contributed by atoms with Crippen molar-refractivity contribution in [1.29, 1.82) is 0 Å². The quantitative estimate of drug-likeness (QED) is 0.744. The molecule has 14 heavy (non-hydrogen) atoms. The zero-order chi connectivity index (χ0) is 10.9. The largest absolute Gasteiger partial charge is 0.505 e. The van der Waals surface area contributed by atoms with Crippen LogP contribution in [0.15, 0.2) is 6.07 Å². The molecule has 0 aliphatic heterocycles. The molecule has 76 valence electrons. The SMILES string of the molecule is NC(=O)c1cc(O)c(Cl)nc1C(F)F. The minimum atomic E-state index is -2.98. The molecule has 7 heteroatoms. The normalized spacial score (nSPS) is 10.6. The van der Waals surface area contributed by atoms with Gasteiger partial charge in [-0.15, -0.1) is 0 Å². The maximum Gasteiger partial charge on any atom is 0.281 e. The lowest BCUT2D eigenvalue weighted by atomic mass is 10.2. The van der Waals surface area contributed by atoms with E-state index in [1.807, 2.05) is 0 Å². The number of alkyl halides is 2. The van der Waals surface area contributed by atoms with Gasteiger partial charge in [0, 0.05) is 0 Å². The van der Waals surface area contributed by atoms with Crippen LogP contribution in [-0.4, -0.2) is 16.0 Å². The summed E-state index contributed by atoms with van der Waals surface area (Å²) in [5.74, 6) is -1.66. The van der Waals surface area contributed by atoms with Crippen molar-refractivity contribution >= 4 is 17.5 Å². The number of aromatic nitrogens is 1. The Balaban J connectivity index is 3.39. The Hall–Kier alpha value is -1.43. The Bertz CT molecular complexity index is 384. The number of amides is 1. The van der Waals surface area contributed by atoms with E-state index in [0.29, 0.717) is 0 Å². The molecule has 4 nitrogen and oxygen atoms in total. The van der Waals surface area contributed by atoms with Gasteiger partial charge in [-0.2, -0.15) is 0 Å². The molecular formula is C7H5ClF2N2O2. The van der Waals surface area contributed by atoms with E-state index < -0.39 is 34.5 Å². The Labute approximate surface area is 82.3 Å². The van der Waals surface area contributed by atoms with Gasteiger partial charge in [0.05, 0.1) is 5.56 Å². The van der Waals surface area contributed by atoms with E-state index in [4.69, 9.17) is 22.4 Å². The molecular weight excluding hydrogens is 218 g/mol. The molecule has 0 spiro atoms. The monoisotopic (exact) mass is 222 g/mol. The van der Waals surface area contributed by atoms with Gasteiger partial charge < -0.3 is 10.8 Å². The summed E-state index contributed by atoms with van der Waals surface area (Å²) >= 11 is 5.29. The molecule has 1 heterocycles. The van der Waals surface area contributed by atoms with Gasteiger partial charge in [0.15, 0.2) is 10.9 Å². The van der Waals surface area contributed by atoms with Gasteiger partial charge in [-0.3, -0.25) is 4.79 Å². The average molecular weight is 223 g/mol. The second-order valence-electron chi connectivity index (χ2n) is 2.40. The van der Waals surface area contributed by atoms with E-state index >= 15 is 0 Å². The molecule has 1 amide bonds. The minimum absolute atomic E-state index is 0.495. The third-order valence-corrected chi connectivity index (χ3v) is 1.74. The van der Waals surface area contributed by atoms with E-state index in [1.54, 1.807) is 0 Å². The lowest BCUT2D eigenvalue weighted by Crippen LogP contribution is -2.15. The Morgan fingerprint density at radius 1 is 1.64 bits per heavy atom. The first-order chi connectivity index (χ1) is 6.43. The van der Waals surface area contributed by atoms with Gasteiger partial charge in [-0.25, -0.2) is 13.8 Å². The van der Waals surface area contributed by atoms with Crippen LogP contribution in [0.3, 0.4) is 0 Å². The number of hydrogen-bond acceptors (Lipinski definition) is 3. The highest BCUT2D eigenvalue weighted by molar-refractivity contribution is 6.30. The van der Waals surface area contributed by atoms with Crippen molar-refractivity contribution in [2.45, 2.75) is 6.43 Å². The molecule has 0 saturated heterocycles. The minimum Gasteiger partial charge on any atom is -0.505 e. The molecule has 0 unspecified atom stereocenters. The fourth-order valence-electron chi connectivity index (χ4n) is 0.857. The average Bonchev–Trinajstić information content (AvgIpc) is 2.08. The first-order valence-corrected chi connectivity index (χ1v) is 3.78. The summed E-state index contributed by atoms with van der Waals surface area (Å²) in [5, 5.41) is 8.51. The Morgan fingerprint density at radius 3 is 2.64 bits per heavy atom. The summed E-state index contributed by atoms with van der Waals surface area (Å²) in [6.45, 7) is 0. The van der Waals surface area contributed by atoms with Crippen LogP contribution in [0.1, 0.15) is 22.5 Å². The lowest BCUT2D eigenvalue weighted by Gasteiger charge is -2.06. The van der Waals surface area contributed by atoms with Crippen LogP contribution in [0.4, 0.5) is 8.78 Å². The van der Waals surface area contributed by atoms with Gasteiger partial charge in [0.1, 0.15) is 5.69 Å². The standard InChI is InChI=1S/C7H5ClF2N2O2/c8-5-3(13)1-2(7(11)14)4(12-5)6(9)10/h1,6,13H,(H2,11,14). The van der Waals surface area contributed by atoms with Crippen LogP contribution >= 0.6 is 11.6 Å². The van der Waals surface area contributed by atoms with Gasteiger partial charge in [-0.1, -0.05) is 11.6 Å². The van der Waals surface area contributed by atoms with E-state index in [0.717, 1.165) is 6.07 Å². The number of halogens is 3. The summed E-state index contributed by atoms with van der Waals surface area (Å²) in [4.78, 5) is 13.8. The molecule has 0 saturated carbocycles. The van der Waals surface area contributed by atoms with Gasteiger partial charge >= 0.3 is 0 Å². The summed E-state index contributed by atoms with van der Waals surface area (Å²) in [7, 11) is 0. The van der Waals surface area contributed by atoms with Crippen molar-refractivity contribution in [2.24, 2.45) is 5.73 Å². The van der Waals surface area contributed by atoms with Crippen molar-refractivity contribution in [3.8, 4) is 5.75 Å². The zero-order valence-corrected chi connectivity index (χ0v) is 7.42. The Kier molecular flexibility index (Phi) is 2.85. The Morgan fingerprint density at radius 2 is 2.21 bits per heavy atom. The molecule has 0 atom stereocenters. The molecule has 0 aliphatic carbocycles. The fourth-order valence-corrected chi connectivity index (χ4v) is 1.00. The first-order valence-electron chi connectivity index (χ1n) is 3.41. The summed E-state index contributed by atoms with van der Waals surface area (Å²) < 4.78 is 24.6. The van der Waals surface area contributed by atoms with E-state index in [-0.39, 0.29) is 0 Å². The first kappa shape index (κ1) is 10.6. The molecule has 1 aromatic heterocycles. The van der Waals surface area contributed by atoms with Gasteiger partial charge in [0.25, 0.3) is 12.3 Å². The number of rotatable bonds is 2. The number of nitrogens with two attached hydrogens (primary N) is 1. The number of nitrogens with zero attached hydrogens (tertiary/aromatic N) is 1. The maximum atomic E-state index is 12.3. The molecule has 0 aromatic carbocycles. The zero-order valence-electron chi connectivity index (χ0n) is 6.67. The molecule has 0 fully saturated rings. The topological polar surface area (TPSA) is 76.2 Å². The van der Waals surface area contributed by atoms with Crippen LogP contribution < -0.4 is 5.73 Å². The third kappa shape index (κ3) is 1.90. The molecule has 0 radical (unpaired) electrons. The number of carbonyl (C=O) groups is 1. The van der Waals surface area contributed by atoms with Crippen molar-refractivity contribution < 1.29 is 18.7 Å². The van der Waals surface area contributed by atoms with E-state index in [9.17, 15) is 13.6 Å². The fraction of sp³-hybridized carbons (Fsp3) is 0.143. The van der Waals surface area contributed by atoms with Crippen LogP contribution in [0.2, 0.25) is 5.15 Å². The molecule has 1 aromatic rings. The predicted octanol–water partition coefficient (Wildman–Crippen LogP) is 1.48. The predicted molar refractivity (Wildman–Crippen MR) is 44.4 cm³/mol. The van der Waals surface area contributed by atoms with E-state index in [1.165, 1.54) is 0 Å². The van der Waals surface area contributed by atoms with Crippen LogP contribution in [0, 0.1) is 0 Å². The van der Waals surface area contributed by atoms with Crippen molar-refractivity contribution in [3.63, 3.8) is 0 Å². The van der Waals surface area contributed by atoms with Crippen LogP contribution in [-0.2, 0) is 0 Å². The van der Waals surface area contributed by atoms with Gasteiger partial charge in [-0.05, 0) is 6.07 Å². The van der Waals surface area contributed by atoms with Crippen molar-refractivity contribution in [3.05, 3.63) is 22.5 Å². The number of carbonyl (C=O) groups excluding carboxylic acids is 1. The second-order valence-corrected chi connectivity index (χ2v) is 2.75. The van der Waals surface area contributed by atoms with E-state index in [2.05, 4.69) is 4.98 Å². The second kappa shape index (κ2) is 3.75. The molecule has 0 aliphatic rings. The number of pyridine rings is 1. The maximum absolute atomic E-state index is 12.3. The highest BCUT2D eigenvalue weighted by Gasteiger charge is 2.20. The number of primary amides is 1.